The van der Waals surface area contributed by atoms with E-state index in [-0.39, 0.29) is 29.5 Å². The third-order valence-corrected chi connectivity index (χ3v) is 5.64. The Morgan fingerprint density at radius 3 is 2.46 bits per heavy atom. The summed E-state index contributed by atoms with van der Waals surface area (Å²) in [6.45, 7) is 3.05. The van der Waals surface area contributed by atoms with E-state index in [9.17, 15) is 18.0 Å². The lowest BCUT2D eigenvalue weighted by molar-refractivity contribution is -0.135. The number of hydrogen-bond acceptors (Lipinski definition) is 5. The van der Waals surface area contributed by atoms with Gasteiger partial charge in [0.2, 0.25) is 10.0 Å². The van der Waals surface area contributed by atoms with Gasteiger partial charge in [0, 0.05) is 13.1 Å². The number of hydrogen-bond donors (Lipinski definition) is 1. The van der Waals surface area contributed by atoms with Crippen molar-refractivity contribution in [3.8, 4) is 12.3 Å². The number of likely N-dealkylation sites (tertiary alicyclic amines) is 1. The zero-order chi connectivity index (χ0) is 19.2. The molecule has 0 spiro atoms. The Morgan fingerprint density at radius 1 is 1.27 bits per heavy atom. The number of piperidine rings is 1. The van der Waals surface area contributed by atoms with Crippen molar-refractivity contribution in [3.05, 3.63) is 29.8 Å². The summed E-state index contributed by atoms with van der Waals surface area (Å²) in [6, 6.07) is 5.23. The van der Waals surface area contributed by atoms with Crippen molar-refractivity contribution in [1.29, 1.82) is 0 Å². The van der Waals surface area contributed by atoms with E-state index in [4.69, 9.17) is 11.2 Å². The zero-order valence-electron chi connectivity index (χ0n) is 14.6. The number of nitrogens with zero attached hydrogens (tertiary/aromatic N) is 1. The molecular formula is C18H22N2O5S. The van der Waals surface area contributed by atoms with Crippen LogP contribution in [0.1, 0.15) is 30.1 Å². The Bertz CT molecular complexity index is 788. The SMILES string of the molecule is C#CCNS(=O)(=O)c1ccc(C(=O)OCC(=O)N2CCC(C)CC2)cc1. The molecule has 1 heterocycles. The molecule has 26 heavy (non-hydrogen) atoms. The van der Waals surface area contributed by atoms with Crippen molar-refractivity contribution < 1.29 is 22.7 Å². The quantitative estimate of drug-likeness (QED) is 0.589. The summed E-state index contributed by atoms with van der Waals surface area (Å²) in [6.07, 6.45) is 6.92. The van der Waals surface area contributed by atoms with Gasteiger partial charge in [-0.2, -0.15) is 4.72 Å². The first-order chi connectivity index (χ1) is 12.3. The molecule has 0 saturated carbocycles. The molecule has 0 aliphatic carbocycles. The molecule has 1 N–H and O–H groups in total. The molecule has 1 aliphatic rings. The van der Waals surface area contributed by atoms with E-state index in [1.165, 1.54) is 24.3 Å². The van der Waals surface area contributed by atoms with Crippen LogP contribution in [0.5, 0.6) is 0 Å². The molecule has 7 nitrogen and oxygen atoms in total. The van der Waals surface area contributed by atoms with E-state index in [2.05, 4.69) is 17.6 Å². The minimum absolute atomic E-state index is 0.0113. The molecule has 0 radical (unpaired) electrons. The first-order valence-corrected chi connectivity index (χ1v) is 9.80. The third-order valence-electron chi connectivity index (χ3n) is 4.23. The highest BCUT2D eigenvalue weighted by Crippen LogP contribution is 2.16. The van der Waals surface area contributed by atoms with Crippen LogP contribution in [0.2, 0.25) is 0 Å². The van der Waals surface area contributed by atoms with E-state index in [0.29, 0.717) is 19.0 Å². The van der Waals surface area contributed by atoms with Gasteiger partial charge in [0.1, 0.15) is 0 Å². The average molecular weight is 378 g/mol. The van der Waals surface area contributed by atoms with Crippen LogP contribution in [0.25, 0.3) is 0 Å². The summed E-state index contributed by atoms with van der Waals surface area (Å²) >= 11 is 0. The first-order valence-electron chi connectivity index (χ1n) is 8.31. The molecule has 1 saturated heterocycles. The van der Waals surface area contributed by atoms with Crippen molar-refractivity contribution in [2.45, 2.75) is 24.7 Å². The number of carbonyl (C=O) groups is 2. The van der Waals surface area contributed by atoms with Crippen molar-refractivity contribution >= 4 is 21.9 Å². The number of ether oxygens (including phenoxy) is 1. The maximum atomic E-state index is 12.1. The minimum atomic E-state index is -3.72. The van der Waals surface area contributed by atoms with Crippen LogP contribution in [0, 0.1) is 18.3 Å². The number of esters is 1. The number of rotatable bonds is 6. The molecule has 1 aromatic rings. The lowest BCUT2D eigenvalue weighted by Crippen LogP contribution is -2.40. The number of terminal acetylenes is 1. The molecule has 0 bridgehead atoms. The molecule has 140 valence electrons. The van der Waals surface area contributed by atoms with Crippen LogP contribution in [-0.4, -0.2) is 51.4 Å². The molecule has 0 unspecified atom stereocenters. The first kappa shape index (κ1) is 19.9. The van der Waals surface area contributed by atoms with E-state index in [1.54, 1.807) is 4.90 Å². The average Bonchev–Trinajstić information content (AvgIpc) is 2.65. The lowest BCUT2D eigenvalue weighted by atomic mass is 9.99. The van der Waals surface area contributed by atoms with E-state index in [1.807, 2.05) is 0 Å². The van der Waals surface area contributed by atoms with Gasteiger partial charge in [-0.05, 0) is 43.0 Å². The maximum Gasteiger partial charge on any atom is 0.338 e. The Balaban J connectivity index is 1.90. The number of sulfonamides is 1. The van der Waals surface area contributed by atoms with E-state index >= 15 is 0 Å². The van der Waals surface area contributed by atoms with Crippen molar-refractivity contribution in [2.75, 3.05) is 26.2 Å². The third kappa shape index (κ3) is 5.31. The van der Waals surface area contributed by atoms with Gasteiger partial charge in [-0.3, -0.25) is 4.79 Å². The monoisotopic (exact) mass is 378 g/mol. The smallest absolute Gasteiger partial charge is 0.338 e. The summed E-state index contributed by atoms with van der Waals surface area (Å²) in [5.74, 6) is 1.89. The van der Waals surface area contributed by atoms with Gasteiger partial charge in [0.15, 0.2) is 6.61 Å². The topological polar surface area (TPSA) is 92.8 Å². The Hall–Kier alpha value is -2.37. The molecular weight excluding hydrogens is 356 g/mol. The molecule has 2 rings (SSSR count). The lowest BCUT2D eigenvalue weighted by Gasteiger charge is -2.30. The second-order valence-electron chi connectivity index (χ2n) is 6.19. The fourth-order valence-corrected chi connectivity index (χ4v) is 3.48. The van der Waals surface area contributed by atoms with Crippen LogP contribution in [-0.2, 0) is 19.6 Å². The van der Waals surface area contributed by atoms with Crippen LogP contribution < -0.4 is 4.72 Å². The highest BCUT2D eigenvalue weighted by molar-refractivity contribution is 7.89. The van der Waals surface area contributed by atoms with Crippen LogP contribution >= 0.6 is 0 Å². The number of amides is 1. The number of benzene rings is 1. The normalized spacial score (nSPS) is 15.3. The van der Waals surface area contributed by atoms with Crippen LogP contribution in [0.3, 0.4) is 0 Å². The Labute approximate surface area is 153 Å². The van der Waals surface area contributed by atoms with Gasteiger partial charge in [-0.1, -0.05) is 12.8 Å². The van der Waals surface area contributed by atoms with Gasteiger partial charge >= 0.3 is 5.97 Å². The van der Waals surface area contributed by atoms with Gasteiger partial charge in [-0.25, -0.2) is 13.2 Å². The second-order valence-corrected chi connectivity index (χ2v) is 7.96. The predicted molar refractivity (Wildman–Crippen MR) is 95.7 cm³/mol. The van der Waals surface area contributed by atoms with Gasteiger partial charge in [0.25, 0.3) is 5.91 Å². The summed E-state index contributed by atoms with van der Waals surface area (Å²) in [7, 11) is -3.72. The molecule has 1 aromatic carbocycles. The standard InChI is InChI=1S/C18H22N2O5S/c1-3-10-19-26(23,24)16-6-4-15(5-7-16)18(22)25-13-17(21)20-11-8-14(2)9-12-20/h1,4-7,14,19H,8-13H2,2H3. The molecule has 0 aromatic heterocycles. The molecule has 1 fully saturated rings. The van der Waals surface area contributed by atoms with E-state index in [0.717, 1.165) is 12.8 Å². The summed E-state index contributed by atoms with van der Waals surface area (Å²) in [4.78, 5) is 25.8. The fourth-order valence-electron chi connectivity index (χ4n) is 2.55. The summed E-state index contributed by atoms with van der Waals surface area (Å²) < 4.78 is 31.1. The fraction of sp³-hybridized carbons (Fsp3) is 0.444. The second kappa shape index (κ2) is 8.83. The predicted octanol–water partition coefficient (Wildman–Crippen LogP) is 1.01. The van der Waals surface area contributed by atoms with Crippen molar-refractivity contribution in [2.24, 2.45) is 5.92 Å². The molecule has 1 aliphatic heterocycles. The molecule has 1 amide bonds. The highest BCUT2D eigenvalue weighted by atomic mass is 32.2. The van der Waals surface area contributed by atoms with Crippen LogP contribution in [0.4, 0.5) is 0 Å². The van der Waals surface area contributed by atoms with Crippen LogP contribution in [0.15, 0.2) is 29.2 Å². The zero-order valence-corrected chi connectivity index (χ0v) is 15.4. The van der Waals surface area contributed by atoms with Gasteiger partial charge in [0.05, 0.1) is 17.0 Å². The van der Waals surface area contributed by atoms with Crippen molar-refractivity contribution in [1.82, 2.24) is 9.62 Å². The summed E-state index contributed by atoms with van der Waals surface area (Å²) in [5, 5.41) is 0. The molecule has 8 heteroatoms. The van der Waals surface area contributed by atoms with E-state index < -0.39 is 16.0 Å². The Kier molecular flexibility index (Phi) is 6.77. The highest BCUT2D eigenvalue weighted by Gasteiger charge is 2.21. The largest absolute Gasteiger partial charge is 0.452 e. The maximum absolute atomic E-state index is 12.1. The Morgan fingerprint density at radius 2 is 1.88 bits per heavy atom. The summed E-state index contributed by atoms with van der Waals surface area (Å²) in [5.41, 5.74) is 0.168. The van der Waals surface area contributed by atoms with Gasteiger partial charge < -0.3 is 9.64 Å². The van der Waals surface area contributed by atoms with Gasteiger partial charge in [-0.15, -0.1) is 6.42 Å². The minimum Gasteiger partial charge on any atom is -0.452 e. The number of nitrogens with one attached hydrogen (secondary N) is 1. The molecule has 0 atom stereocenters. The van der Waals surface area contributed by atoms with Crippen molar-refractivity contribution in [3.63, 3.8) is 0 Å². The number of carbonyl (C=O) groups excluding carboxylic acids is 2.